The van der Waals surface area contributed by atoms with Gasteiger partial charge in [0.05, 0.1) is 6.61 Å². The molecule has 0 amide bonds. The summed E-state index contributed by atoms with van der Waals surface area (Å²) >= 11 is 0. The lowest BCUT2D eigenvalue weighted by Gasteiger charge is -2.18. The summed E-state index contributed by atoms with van der Waals surface area (Å²) in [6.45, 7) is 7.01. The Hall–Kier alpha value is -1.96. The molecule has 0 fully saturated rings. The Bertz CT molecular complexity index is 536. The highest BCUT2D eigenvalue weighted by Crippen LogP contribution is 2.24. The average molecular weight is 255 g/mol. The van der Waals surface area contributed by atoms with Crippen molar-refractivity contribution < 1.29 is 4.74 Å². The Balaban J connectivity index is 2.12. The molecule has 0 aromatic heterocycles. The summed E-state index contributed by atoms with van der Waals surface area (Å²) in [6.07, 6.45) is 0. The van der Waals surface area contributed by atoms with E-state index in [2.05, 4.69) is 49.5 Å². The number of hydrogen-bond donors (Lipinski definition) is 1. The normalized spacial score (nSPS) is 11.9. The van der Waals surface area contributed by atoms with Gasteiger partial charge in [-0.1, -0.05) is 30.3 Å². The molecular formula is C17H21NO. The van der Waals surface area contributed by atoms with Gasteiger partial charge in [-0.25, -0.2) is 0 Å². The van der Waals surface area contributed by atoms with Crippen LogP contribution in [0, 0.1) is 6.92 Å². The minimum absolute atomic E-state index is 0.276. The summed E-state index contributed by atoms with van der Waals surface area (Å²) in [5, 5.41) is 3.52. The molecule has 1 atom stereocenters. The summed E-state index contributed by atoms with van der Waals surface area (Å²) < 4.78 is 5.52. The second-order valence-electron chi connectivity index (χ2n) is 4.68. The molecule has 2 rings (SSSR count). The second kappa shape index (κ2) is 6.28. The van der Waals surface area contributed by atoms with E-state index >= 15 is 0 Å². The number of benzene rings is 2. The van der Waals surface area contributed by atoms with Crippen LogP contribution in [0.25, 0.3) is 0 Å². The molecule has 1 N–H and O–H groups in total. The molecule has 0 spiro atoms. The fraction of sp³-hybridized carbons (Fsp3) is 0.294. The van der Waals surface area contributed by atoms with Gasteiger partial charge < -0.3 is 10.1 Å². The van der Waals surface area contributed by atoms with Crippen molar-refractivity contribution in [2.75, 3.05) is 11.9 Å². The first-order valence-electron chi connectivity index (χ1n) is 6.75. The van der Waals surface area contributed by atoms with Crippen LogP contribution < -0.4 is 10.1 Å². The van der Waals surface area contributed by atoms with Crippen LogP contribution in [-0.2, 0) is 0 Å². The molecule has 2 aromatic carbocycles. The second-order valence-corrected chi connectivity index (χ2v) is 4.68. The highest BCUT2D eigenvalue weighted by Gasteiger charge is 2.07. The third kappa shape index (κ3) is 3.50. The summed E-state index contributed by atoms with van der Waals surface area (Å²) in [4.78, 5) is 0. The van der Waals surface area contributed by atoms with Gasteiger partial charge in [0.15, 0.2) is 0 Å². The van der Waals surface area contributed by atoms with Crippen molar-refractivity contribution in [2.24, 2.45) is 0 Å². The van der Waals surface area contributed by atoms with Gasteiger partial charge in [-0.2, -0.15) is 0 Å². The van der Waals surface area contributed by atoms with Gasteiger partial charge in [-0.05, 0) is 44.0 Å². The summed E-state index contributed by atoms with van der Waals surface area (Å²) in [6, 6.07) is 16.8. The topological polar surface area (TPSA) is 21.3 Å². The minimum Gasteiger partial charge on any atom is -0.494 e. The van der Waals surface area contributed by atoms with Crippen LogP contribution in [0.3, 0.4) is 0 Å². The van der Waals surface area contributed by atoms with Gasteiger partial charge in [0, 0.05) is 17.8 Å². The lowest BCUT2D eigenvalue weighted by atomic mass is 10.0. The molecule has 0 radical (unpaired) electrons. The Morgan fingerprint density at radius 3 is 2.63 bits per heavy atom. The fourth-order valence-corrected chi connectivity index (χ4v) is 2.24. The fourth-order valence-electron chi connectivity index (χ4n) is 2.24. The Kier molecular flexibility index (Phi) is 4.45. The zero-order valence-electron chi connectivity index (χ0n) is 11.8. The zero-order chi connectivity index (χ0) is 13.7. The first-order chi connectivity index (χ1) is 9.20. The van der Waals surface area contributed by atoms with Crippen LogP contribution in [0.4, 0.5) is 5.69 Å². The first kappa shape index (κ1) is 13.5. The van der Waals surface area contributed by atoms with Gasteiger partial charge in [0.2, 0.25) is 0 Å². The average Bonchev–Trinajstić information content (AvgIpc) is 2.40. The standard InChI is InChI=1S/C17H21NO/c1-4-19-16-10-7-9-15(12-16)18-14(3)17-11-6-5-8-13(17)2/h5-12,14,18H,4H2,1-3H3. The van der Waals surface area contributed by atoms with Crippen LogP contribution in [0.5, 0.6) is 5.75 Å². The van der Waals surface area contributed by atoms with Crippen molar-refractivity contribution >= 4 is 5.69 Å². The smallest absolute Gasteiger partial charge is 0.121 e. The molecule has 1 unspecified atom stereocenters. The van der Waals surface area contributed by atoms with Crippen molar-refractivity contribution in [3.8, 4) is 5.75 Å². The van der Waals surface area contributed by atoms with E-state index in [1.807, 2.05) is 25.1 Å². The molecule has 2 aromatic rings. The molecule has 0 heterocycles. The molecule has 0 aliphatic carbocycles. The lowest BCUT2D eigenvalue weighted by molar-refractivity contribution is 0.340. The van der Waals surface area contributed by atoms with E-state index in [0.29, 0.717) is 6.61 Å². The maximum atomic E-state index is 5.52. The minimum atomic E-state index is 0.276. The first-order valence-corrected chi connectivity index (χ1v) is 6.75. The van der Waals surface area contributed by atoms with Crippen molar-refractivity contribution in [1.29, 1.82) is 0 Å². The van der Waals surface area contributed by atoms with E-state index in [1.54, 1.807) is 0 Å². The number of ether oxygens (including phenoxy) is 1. The van der Waals surface area contributed by atoms with Crippen molar-refractivity contribution in [3.63, 3.8) is 0 Å². The molecule has 0 bridgehead atoms. The lowest BCUT2D eigenvalue weighted by Crippen LogP contribution is -2.08. The van der Waals surface area contributed by atoms with E-state index in [4.69, 9.17) is 4.74 Å². The molecule has 19 heavy (non-hydrogen) atoms. The number of aryl methyl sites for hydroxylation is 1. The van der Waals surface area contributed by atoms with E-state index in [0.717, 1.165) is 11.4 Å². The van der Waals surface area contributed by atoms with Gasteiger partial charge in [-0.15, -0.1) is 0 Å². The summed E-state index contributed by atoms with van der Waals surface area (Å²) in [5.41, 5.74) is 3.72. The number of anilines is 1. The molecule has 0 saturated heterocycles. The Morgan fingerprint density at radius 2 is 1.89 bits per heavy atom. The quantitative estimate of drug-likeness (QED) is 0.845. The van der Waals surface area contributed by atoms with Gasteiger partial charge in [0.25, 0.3) is 0 Å². The molecule has 2 heteroatoms. The monoisotopic (exact) mass is 255 g/mol. The third-order valence-electron chi connectivity index (χ3n) is 3.18. The number of nitrogens with one attached hydrogen (secondary N) is 1. The maximum Gasteiger partial charge on any atom is 0.121 e. The van der Waals surface area contributed by atoms with Crippen LogP contribution in [0.1, 0.15) is 31.0 Å². The van der Waals surface area contributed by atoms with E-state index in [1.165, 1.54) is 11.1 Å². The highest BCUT2D eigenvalue weighted by molar-refractivity contribution is 5.50. The molecule has 0 saturated carbocycles. The van der Waals surface area contributed by atoms with Gasteiger partial charge in [0.1, 0.15) is 5.75 Å². The molecule has 100 valence electrons. The number of rotatable bonds is 5. The van der Waals surface area contributed by atoms with Gasteiger partial charge in [-0.3, -0.25) is 0 Å². The predicted octanol–water partition coefficient (Wildman–Crippen LogP) is 4.57. The summed E-state index contributed by atoms with van der Waals surface area (Å²) in [5.74, 6) is 0.907. The molecular weight excluding hydrogens is 234 g/mol. The number of hydrogen-bond acceptors (Lipinski definition) is 2. The van der Waals surface area contributed by atoms with Crippen LogP contribution in [0.15, 0.2) is 48.5 Å². The van der Waals surface area contributed by atoms with E-state index < -0.39 is 0 Å². The molecule has 0 aliphatic rings. The van der Waals surface area contributed by atoms with Crippen molar-refractivity contribution in [2.45, 2.75) is 26.8 Å². The molecule has 2 nitrogen and oxygen atoms in total. The SMILES string of the molecule is CCOc1cccc(NC(C)c2ccccc2C)c1. The van der Waals surface area contributed by atoms with Crippen molar-refractivity contribution in [1.82, 2.24) is 0 Å². The highest BCUT2D eigenvalue weighted by atomic mass is 16.5. The van der Waals surface area contributed by atoms with Crippen LogP contribution in [-0.4, -0.2) is 6.61 Å². The predicted molar refractivity (Wildman–Crippen MR) is 80.8 cm³/mol. The van der Waals surface area contributed by atoms with Crippen molar-refractivity contribution in [3.05, 3.63) is 59.7 Å². The summed E-state index contributed by atoms with van der Waals surface area (Å²) in [7, 11) is 0. The van der Waals surface area contributed by atoms with Gasteiger partial charge >= 0.3 is 0 Å². The van der Waals surface area contributed by atoms with Crippen LogP contribution >= 0.6 is 0 Å². The zero-order valence-corrected chi connectivity index (χ0v) is 11.8. The third-order valence-corrected chi connectivity index (χ3v) is 3.18. The van der Waals surface area contributed by atoms with E-state index in [9.17, 15) is 0 Å². The maximum absolute atomic E-state index is 5.52. The Labute approximate surface area is 115 Å². The van der Waals surface area contributed by atoms with Crippen LogP contribution in [0.2, 0.25) is 0 Å². The molecule has 0 aliphatic heterocycles. The Morgan fingerprint density at radius 1 is 1.11 bits per heavy atom. The largest absolute Gasteiger partial charge is 0.494 e. The van der Waals surface area contributed by atoms with E-state index in [-0.39, 0.29) is 6.04 Å².